The molecule has 1 saturated heterocycles. The Morgan fingerprint density at radius 1 is 0.714 bits per heavy atom. The van der Waals surface area contributed by atoms with Crippen LogP contribution in [0.5, 0.6) is 23.0 Å². The number of carbonyl (C=O) groups is 7. The van der Waals surface area contributed by atoms with Gasteiger partial charge in [0.05, 0.1) is 18.5 Å². The van der Waals surface area contributed by atoms with Crippen LogP contribution in [0.15, 0.2) is 68.1 Å². The second kappa shape index (κ2) is 18.8. The molecule has 2 aromatic heterocycles. The van der Waals surface area contributed by atoms with Crippen LogP contribution in [0.3, 0.4) is 0 Å². The molecule has 6 aliphatic rings. The van der Waals surface area contributed by atoms with Gasteiger partial charge in [-0.25, -0.2) is 0 Å². The summed E-state index contributed by atoms with van der Waals surface area (Å²) >= 11 is 2.88. The summed E-state index contributed by atoms with van der Waals surface area (Å²) in [6.07, 6.45) is 3.94. The minimum atomic E-state index is -1.46. The monoisotopic (exact) mass is 908 g/mol. The van der Waals surface area contributed by atoms with Crippen molar-refractivity contribution < 1.29 is 76.6 Å². The number of piperidine rings is 1. The summed E-state index contributed by atoms with van der Waals surface area (Å²) in [6.45, 7) is 1.27. The molecule has 3 amide bonds. The van der Waals surface area contributed by atoms with Crippen molar-refractivity contribution in [3.05, 3.63) is 68.1 Å². The first-order valence-electron chi connectivity index (χ1n) is 20.5. The van der Waals surface area contributed by atoms with Crippen LogP contribution in [0.25, 0.3) is 0 Å². The number of amides is 3. The number of carbonyl (C=O) groups excluding carboxylic acids is 7. The Hall–Kier alpha value is -5.99. The Morgan fingerprint density at radius 3 is 1.79 bits per heavy atom. The van der Waals surface area contributed by atoms with Crippen molar-refractivity contribution in [3.8, 4) is 23.0 Å². The number of fused-ring (bicyclic) bond motifs is 2. The van der Waals surface area contributed by atoms with Gasteiger partial charge >= 0.3 is 23.9 Å². The second-order valence-electron chi connectivity index (χ2n) is 15.6. The Kier molecular flexibility index (Phi) is 13.0. The zero-order valence-corrected chi connectivity index (χ0v) is 35.7. The lowest BCUT2D eigenvalue weighted by atomic mass is 9.58. The third-order valence-corrected chi connectivity index (χ3v) is 12.7. The molecular formula is C43H44N2O16S2. The summed E-state index contributed by atoms with van der Waals surface area (Å²) in [5.74, 6) is -2.30. The highest BCUT2D eigenvalue weighted by Crippen LogP contribution is 2.54. The van der Waals surface area contributed by atoms with Crippen LogP contribution in [0.2, 0.25) is 0 Å². The maximum atomic E-state index is 14.0. The molecule has 63 heavy (non-hydrogen) atoms. The van der Waals surface area contributed by atoms with E-state index < -0.39 is 71.4 Å². The van der Waals surface area contributed by atoms with Crippen LogP contribution in [-0.2, 0) is 52.5 Å². The zero-order valence-electron chi connectivity index (χ0n) is 34.1. The molecular weight excluding hydrogens is 865 g/mol. The van der Waals surface area contributed by atoms with Crippen molar-refractivity contribution in [2.75, 3.05) is 52.7 Å². The number of rotatable bonds is 18. The molecule has 334 valence electrons. The van der Waals surface area contributed by atoms with Crippen LogP contribution in [0.4, 0.5) is 0 Å². The van der Waals surface area contributed by atoms with Gasteiger partial charge in [0, 0.05) is 69.8 Å². The van der Waals surface area contributed by atoms with Gasteiger partial charge in [-0.1, -0.05) is 24.3 Å². The maximum absolute atomic E-state index is 14.0. The lowest BCUT2D eigenvalue weighted by molar-refractivity contribution is -0.157. The van der Waals surface area contributed by atoms with Gasteiger partial charge < -0.3 is 47.9 Å². The number of nitrogens with zero attached hydrogens (tertiary/aromatic N) is 2. The quantitative estimate of drug-likeness (QED) is 0.129. The second-order valence-corrected chi connectivity index (χ2v) is 17.1. The first-order chi connectivity index (χ1) is 30.4. The van der Waals surface area contributed by atoms with Gasteiger partial charge in [-0.05, 0) is 25.3 Å². The molecule has 0 bridgehead atoms. The third kappa shape index (κ3) is 9.24. The minimum Gasteiger partial charge on any atom is -0.485 e. The number of hydrogen-bond acceptors (Lipinski definition) is 18. The Bertz CT molecular complexity index is 2310. The van der Waals surface area contributed by atoms with E-state index in [4.69, 9.17) is 37.9 Å². The highest BCUT2D eigenvalue weighted by atomic mass is 32.1. The number of esters is 4. The normalized spacial score (nSPS) is 24.0. The van der Waals surface area contributed by atoms with Gasteiger partial charge in [0.25, 0.3) is 11.8 Å². The first-order valence-corrected chi connectivity index (χ1v) is 22.3. The summed E-state index contributed by atoms with van der Waals surface area (Å²) in [6, 6.07) is 0. The van der Waals surface area contributed by atoms with Gasteiger partial charge in [0.15, 0.2) is 41.4 Å². The van der Waals surface area contributed by atoms with Gasteiger partial charge in [-0.3, -0.25) is 38.5 Å². The van der Waals surface area contributed by atoms with Gasteiger partial charge in [-0.15, -0.1) is 22.7 Å². The topological polar surface area (TPSA) is 220 Å². The molecule has 0 radical (unpaired) electrons. The summed E-state index contributed by atoms with van der Waals surface area (Å²) in [5, 5.41) is 18.7. The van der Waals surface area contributed by atoms with E-state index in [-0.39, 0.29) is 102 Å². The minimum absolute atomic E-state index is 0.00311. The van der Waals surface area contributed by atoms with E-state index in [9.17, 15) is 38.7 Å². The predicted octanol–water partition coefficient (Wildman–Crippen LogP) is 3.19. The fourth-order valence-electron chi connectivity index (χ4n) is 8.07. The molecule has 0 aromatic carbocycles. The van der Waals surface area contributed by atoms with E-state index in [1.807, 2.05) is 10.8 Å². The Labute approximate surface area is 368 Å². The van der Waals surface area contributed by atoms with Gasteiger partial charge in [0.1, 0.15) is 39.6 Å². The molecule has 5 unspecified atom stereocenters. The van der Waals surface area contributed by atoms with E-state index in [0.29, 0.717) is 34.1 Å². The number of allylic oxidation sites excluding steroid dienone is 2. The average Bonchev–Trinajstić information content (AvgIpc) is 3.96. The molecule has 20 heteroatoms. The fraction of sp³-hybridized carbons (Fsp3) is 0.465. The van der Waals surface area contributed by atoms with Crippen LogP contribution in [-0.4, -0.2) is 128 Å². The summed E-state index contributed by atoms with van der Waals surface area (Å²) < 4.78 is 43.8. The van der Waals surface area contributed by atoms with Crippen molar-refractivity contribution in [3.63, 3.8) is 0 Å². The molecule has 8 rings (SSSR count). The number of imide groups is 1. The van der Waals surface area contributed by atoms with Crippen LogP contribution < -0.4 is 18.9 Å². The number of hydrogen-bond donors (Lipinski definition) is 1. The average molecular weight is 909 g/mol. The molecule has 2 aliphatic carbocycles. The van der Waals surface area contributed by atoms with Crippen LogP contribution >= 0.6 is 22.7 Å². The molecule has 0 saturated carbocycles. The molecule has 0 spiro atoms. The molecule has 6 heterocycles. The number of aliphatic hydroxyl groups is 1. The summed E-state index contributed by atoms with van der Waals surface area (Å²) in [7, 11) is 0. The van der Waals surface area contributed by atoms with E-state index in [1.165, 1.54) is 40.9 Å². The first kappa shape index (κ1) is 43.7. The van der Waals surface area contributed by atoms with Crippen molar-refractivity contribution in [1.82, 2.24) is 9.80 Å². The van der Waals surface area contributed by atoms with E-state index >= 15 is 0 Å². The molecule has 1 N–H and O–H groups in total. The lowest BCUT2D eigenvalue weighted by Crippen LogP contribution is -2.60. The van der Waals surface area contributed by atoms with Gasteiger partial charge in [-0.2, -0.15) is 0 Å². The Balaban J connectivity index is 0.768. The summed E-state index contributed by atoms with van der Waals surface area (Å²) in [4.78, 5) is 93.2. The number of likely N-dealkylation sites (tertiary alicyclic amines) is 1. The largest absolute Gasteiger partial charge is 0.485 e. The summed E-state index contributed by atoms with van der Waals surface area (Å²) in [5.41, 5.74) is -0.163. The number of ether oxygens (including phenoxy) is 8. The Morgan fingerprint density at radius 2 is 1.22 bits per heavy atom. The predicted molar refractivity (Wildman–Crippen MR) is 218 cm³/mol. The van der Waals surface area contributed by atoms with E-state index in [0.717, 1.165) is 9.80 Å². The highest BCUT2D eigenvalue weighted by Gasteiger charge is 2.58. The number of aliphatic hydroxyl groups excluding tert-OH is 1. The third-order valence-electron chi connectivity index (χ3n) is 11.3. The molecule has 5 atom stereocenters. The van der Waals surface area contributed by atoms with Crippen molar-refractivity contribution >= 4 is 64.3 Å². The maximum Gasteiger partial charge on any atom is 0.305 e. The molecule has 4 aliphatic heterocycles. The van der Waals surface area contributed by atoms with Crippen LogP contribution in [0.1, 0.15) is 45.4 Å². The highest BCUT2D eigenvalue weighted by molar-refractivity contribution is 7.08. The standard InChI is InChI=1S/C43H44N2O16S2/c1-43-11-10-27-37-26(39(50)44(40(27)51)12-14-54-33(46)4-2-6-35(48)58-18-24-16-56-29-20-62-22-31(29)60-24)8-9-28(38(37)43)41(52)45(42(43)53)13-15-55-34(47)5-3-7-36(49)59-19-25-17-57-30-21-63-23-32(30)61-25/h8-11,20-25,38-39,50H,2-7,12-19H2,1H3. The lowest BCUT2D eigenvalue weighted by Gasteiger charge is -2.50. The molecule has 1 fully saturated rings. The molecule has 18 nitrogen and oxygen atoms in total. The van der Waals surface area contributed by atoms with E-state index in [1.54, 1.807) is 23.8 Å². The van der Waals surface area contributed by atoms with Crippen molar-refractivity contribution in [2.24, 2.45) is 11.3 Å². The zero-order chi connectivity index (χ0) is 44.3. The molecule has 2 aromatic rings. The van der Waals surface area contributed by atoms with Crippen molar-refractivity contribution in [2.45, 2.75) is 63.9 Å². The van der Waals surface area contributed by atoms with Crippen LogP contribution in [0, 0.1) is 11.3 Å². The number of thiophene rings is 2. The smallest absolute Gasteiger partial charge is 0.305 e. The SMILES string of the molecule is CC12C=CC3=C4C(=CC=C(C(=O)N(CCOC(=O)CCCC(=O)OCC5COc6cscc6O5)C1=O)C42)C(O)N(CCOC(=O)CCCC(=O)OCC1COc2cscc2O1)C3=O. The van der Waals surface area contributed by atoms with Gasteiger partial charge in [0.2, 0.25) is 5.91 Å². The van der Waals surface area contributed by atoms with E-state index in [2.05, 4.69) is 0 Å². The van der Waals surface area contributed by atoms with Crippen molar-refractivity contribution in [1.29, 1.82) is 0 Å². The fourth-order valence-corrected chi connectivity index (χ4v) is 9.42.